The number of aromatic nitrogens is 2. The Morgan fingerprint density at radius 2 is 2.22 bits per heavy atom. The number of aryl methyl sites for hydroxylation is 1. The maximum Gasteiger partial charge on any atom is 0.270 e. The van der Waals surface area contributed by atoms with E-state index in [0.29, 0.717) is 5.69 Å². The van der Waals surface area contributed by atoms with E-state index in [1.54, 1.807) is 13.0 Å². The van der Waals surface area contributed by atoms with E-state index in [1.807, 2.05) is 0 Å². The minimum Gasteiger partial charge on any atom is -0.323 e. The largest absolute Gasteiger partial charge is 0.323 e. The molecule has 2 aromatic rings. The van der Waals surface area contributed by atoms with Gasteiger partial charge in [0.05, 0.1) is 22.5 Å². The summed E-state index contributed by atoms with van der Waals surface area (Å²) in [5.74, 6) is -0.553. The van der Waals surface area contributed by atoms with Crippen molar-refractivity contribution in [2.75, 3.05) is 5.32 Å². The van der Waals surface area contributed by atoms with Crippen LogP contribution in [0.15, 0.2) is 35.4 Å². The topological polar surface area (TPSA) is 131 Å². The number of rotatable bonds is 4. The van der Waals surface area contributed by atoms with E-state index >= 15 is 0 Å². The van der Waals surface area contributed by atoms with Crippen LogP contribution in [0.3, 0.4) is 0 Å². The van der Waals surface area contributed by atoms with Gasteiger partial charge in [-0.2, -0.15) is 5.26 Å². The number of non-ortho nitro benzene ring substituents is 1. The first-order valence-electron chi connectivity index (χ1n) is 6.42. The smallest absolute Gasteiger partial charge is 0.270 e. The summed E-state index contributed by atoms with van der Waals surface area (Å²) in [6.45, 7) is 1.37. The number of amides is 1. The minimum atomic E-state index is -0.635. The van der Waals surface area contributed by atoms with Crippen LogP contribution < -0.4 is 10.9 Å². The second kappa shape index (κ2) is 6.48. The summed E-state index contributed by atoms with van der Waals surface area (Å²) in [7, 11) is 0. The number of nitro benzene ring substituents is 1. The molecule has 0 aliphatic heterocycles. The van der Waals surface area contributed by atoms with E-state index in [1.165, 1.54) is 24.5 Å². The van der Waals surface area contributed by atoms with Crippen LogP contribution in [0, 0.1) is 28.4 Å². The molecule has 0 spiro atoms. The van der Waals surface area contributed by atoms with Crippen molar-refractivity contribution in [1.82, 2.24) is 9.55 Å². The van der Waals surface area contributed by atoms with Gasteiger partial charge in [0.1, 0.15) is 12.6 Å². The van der Waals surface area contributed by atoms with E-state index < -0.39 is 10.8 Å². The van der Waals surface area contributed by atoms with E-state index in [2.05, 4.69) is 10.3 Å². The summed E-state index contributed by atoms with van der Waals surface area (Å²) < 4.78 is 1.11. The van der Waals surface area contributed by atoms with Crippen molar-refractivity contribution in [3.63, 3.8) is 0 Å². The Hall–Kier alpha value is -3.54. The zero-order valence-corrected chi connectivity index (χ0v) is 12.0. The highest BCUT2D eigenvalue weighted by molar-refractivity contribution is 5.92. The second-order valence-corrected chi connectivity index (χ2v) is 4.64. The summed E-state index contributed by atoms with van der Waals surface area (Å²) in [6, 6.07) is 6.58. The van der Waals surface area contributed by atoms with Crippen LogP contribution in [0.1, 0.15) is 11.3 Å². The Labute approximate surface area is 130 Å². The molecule has 2 rings (SSSR count). The highest BCUT2D eigenvalue weighted by Crippen LogP contribution is 2.21. The van der Waals surface area contributed by atoms with Crippen LogP contribution >= 0.6 is 0 Å². The molecule has 1 N–H and O–H groups in total. The van der Waals surface area contributed by atoms with Crippen molar-refractivity contribution in [1.29, 1.82) is 5.26 Å². The average Bonchev–Trinajstić information content (AvgIpc) is 2.50. The lowest BCUT2D eigenvalue weighted by atomic mass is 10.1. The standard InChI is InChI=1S/C14H11N5O4/c1-9-4-14(21)18(8-16-9)7-13(20)17-12-3-2-11(19(22)23)5-10(12)6-15/h2-5,8H,7H2,1H3,(H,17,20). The molecule has 1 heterocycles. The first-order valence-corrected chi connectivity index (χ1v) is 6.42. The van der Waals surface area contributed by atoms with Crippen LogP contribution in [-0.2, 0) is 11.3 Å². The molecule has 9 heteroatoms. The Morgan fingerprint density at radius 3 is 2.83 bits per heavy atom. The molecule has 0 unspecified atom stereocenters. The summed E-state index contributed by atoms with van der Waals surface area (Å²) >= 11 is 0. The normalized spacial score (nSPS) is 9.91. The third kappa shape index (κ3) is 3.76. The average molecular weight is 313 g/mol. The van der Waals surface area contributed by atoms with Crippen molar-refractivity contribution in [3.8, 4) is 6.07 Å². The van der Waals surface area contributed by atoms with Crippen LogP contribution in [0.5, 0.6) is 0 Å². The number of hydrogen-bond donors (Lipinski definition) is 1. The lowest BCUT2D eigenvalue weighted by Crippen LogP contribution is -2.27. The molecule has 1 aromatic carbocycles. The van der Waals surface area contributed by atoms with Gasteiger partial charge in [-0.1, -0.05) is 0 Å². The second-order valence-electron chi connectivity index (χ2n) is 4.64. The van der Waals surface area contributed by atoms with Crippen LogP contribution in [0.2, 0.25) is 0 Å². The Balaban J connectivity index is 2.19. The molecule has 9 nitrogen and oxygen atoms in total. The van der Waals surface area contributed by atoms with E-state index in [0.717, 1.165) is 10.6 Å². The molecule has 0 aliphatic carbocycles. The van der Waals surface area contributed by atoms with Gasteiger partial charge in [-0.25, -0.2) is 4.98 Å². The maximum atomic E-state index is 12.0. The van der Waals surface area contributed by atoms with Gasteiger partial charge in [-0.05, 0) is 13.0 Å². The van der Waals surface area contributed by atoms with Crippen molar-refractivity contribution < 1.29 is 9.72 Å². The molecule has 23 heavy (non-hydrogen) atoms. The zero-order valence-electron chi connectivity index (χ0n) is 12.0. The van der Waals surface area contributed by atoms with E-state index in [4.69, 9.17) is 5.26 Å². The molecule has 0 saturated heterocycles. The van der Waals surface area contributed by atoms with Gasteiger partial charge >= 0.3 is 0 Å². The zero-order chi connectivity index (χ0) is 17.0. The summed E-state index contributed by atoms with van der Waals surface area (Å²) in [5, 5.41) is 22.1. The number of nitrogens with zero attached hydrogens (tertiary/aromatic N) is 4. The number of nitriles is 1. The maximum absolute atomic E-state index is 12.0. The third-order valence-electron chi connectivity index (χ3n) is 2.94. The lowest BCUT2D eigenvalue weighted by Gasteiger charge is -2.08. The minimum absolute atomic E-state index is 0.0399. The molecule has 0 aliphatic rings. The number of anilines is 1. The summed E-state index contributed by atoms with van der Waals surface area (Å²) in [4.78, 5) is 37.6. The Morgan fingerprint density at radius 1 is 1.48 bits per heavy atom. The molecule has 1 amide bonds. The fourth-order valence-electron chi connectivity index (χ4n) is 1.83. The van der Waals surface area contributed by atoms with Crippen LogP contribution in [0.4, 0.5) is 11.4 Å². The molecule has 116 valence electrons. The number of hydrogen-bond acceptors (Lipinski definition) is 6. The van der Waals surface area contributed by atoms with Crippen molar-refractivity contribution in [3.05, 3.63) is 62.3 Å². The van der Waals surface area contributed by atoms with E-state index in [9.17, 15) is 19.7 Å². The highest BCUT2D eigenvalue weighted by atomic mass is 16.6. The molecular weight excluding hydrogens is 302 g/mol. The van der Waals surface area contributed by atoms with E-state index in [-0.39, 0.29) is 29.0 Å². The molecule has 1 aromatic heterocycles. The number of carbonyl (C=O) groups is 1. The molecule has 0 fully saturated rings. The Bertz CT molecular complexity index is 881. The molecule has 0 saturated carbocycles. The van der Waals surface area contributed by atoms with Crippen LogP contribution in [0.25, 0.3) is 0 Å². The molecule has 0 atom stereocenters. The summed E-state index contributed by atoms with van der Waals surface area (Å²) in [6.07, 6.45) is 1.25. The van der Waals surface area contributed by atoms with Crippen molar-refractivity contribution in [2.45, 2.75) is 13.5 Å². The van der Waals surface area contributed by atoms with Gasteiger partial charge in [0.2, 0.25) is 5.91 Å². The third-order valence-corrected chi connectivity index (χ3v) is 2.94. The summed E-state index contributed by atoms with van der Waals surface area (Å²) in [5.41, 5.74) is 0.00213. The first kappa shape index (κ1) is 15.8. The number of nitro groups is 1. The lowest BCUT2D eigenvalue weighted by molar-refractivity contribution is -0.384. The van der Waals surface area contributed by atoms with Crippen molar-refractivity contribution >= 4 is 17.3 Å². The SMILES string of the molecule is Cc1cc(=O)n(CC(=O)Nc2ccc([N+](=O)[O-])cc2C#N)cn1. The molecule has 0 bridgehead atoms. The van der Waals surface area contributed by atoms with Gasteiger partial charge in [0.15, 0.2) is 0 Å². The predicted molar refractivity (Wildman–Crippen MR) is 79.7 cm³/mol. The molecule has 0 radical (unpaired) electrons. The van der Waals surface area contributed by atoms with Gasteiger partial charge < -0.3 is 5.32 Å². The first-order chi connectivity index (χ1) is 10.9. The number of nitrogens with one attached hydrogen (secondary N) is 1. The highest BCUT2D eigenvalue weighted by Gasteiger charge is 2.13. The number of carbonyl (C=O) groups excluding carboxylic acids is 1. The fraction of sp³-hybridized carbons (Fsp3) is 0.143. The van der Waals surface area contributed by atoms with Gasteiger partial charge in [-0.15, -0.1) is 0 Å². The van der Waals surface area contributed by atoms with Crippen LogP contribution in [-0.4, -0.2) is 20.4 Å². The Kier molecular flexibility index (Phi) is 4.47. The van der Waals surface area contributed by atoms with Gasteiger partial charge in [0, 0.05) is 23.9 Å². The fourth-order valence-corrected chi connectivity index (χ4v) is 1.83. The van der Waals surface area contributed by atoms with Crippen molar-refractivity contribution in [2.24, 2.45) is 0 Å². The number of benzene rings is 1. The van der Waals surface area contributed by atoms with Gasteiger partial charge in [0.25, 0.3) is 11.2 Å². The monoisotopic (exact) mass is 313 g/mol. The quantitative estimate of drug-likeness (QED) is 0.661. The molecular formula is C14H11N5O4. The van der Waals surface area contributed by atoms with Gasteiger partial charge in [-0.3, -0.25) is 24.3 Å². The predicted octanol–water partition coefficient (Wildman–Crippen LogP) is 0.970.